The van der Waals surface area contributed by atoms with E-state index in [0.717, 1.165) is 43.3 Å². The van der Waals surface area contributed by atoms with Crippen molar-refractivity contribution >= 4 is 24.0 Å². The summed E-state index contributed by atoms with van der Waals surface area (Å²) in [7, 11) is 0. The van der Waals surface area contributed by atoms with E-state index in [1.165, 1.54) is 0 Å². The van der Waals surface area contributed by atoms with Crippen LogP contribution in [0.25, 0.3) is 0 Å². The number of non-ortho nitro benzene ring substituents is 1. The van der Waals surface area contributed by atoms with E-state index in [1.807, 2.05) is 6.08 Å². The molecule has 0 fully saturated rings. The molecule has 0 atom stereocenters. The van der Waals surface area contributed by atoms with Crippen LogP contribution in [0.1, 0.15) is 16.8 Å². The third kappa shape index (κ3) is 4.51. The van der Waals surface area contributed by atoms with Gasteiger partial charge in [-0.3, -0.25) is 14.9 Å². The lowest BCUT2D eigenvalue weighted by Gasteiger charge is -2.14. The van der Waals surface area contributed by atoms with Gasteiger partial charge in [0.1, 0.15) is 5.82 Å². The molecule has 0 spiro atoms. The molecule has 8 heteroatoms. The minimum Gasteiger partial charge on any atom is -0.348 e. The minimum atomic E-state index is -0.893. The first-order valence-corrected chi connectivity index (χ1v) is 6.18. The van der Waals surface area contributed by atoms with Crippen molar-refractivity contribution in [2.24, 2.45) is 0 Å². The molecule has 0 saturated heterocycles. The van der Waals surface area contributed by atoms with Crippen molar-refractivity contribution in [1.82, 2.24) is 10.6 Å². The molecule has 2 N–H and O–H groups in total. The van der Waals surface area contributed by atoms with Crippen molar-refractivity contribution in [2.45, 2.75) is 6.42 Å². The van der Waals surface area contributed by atoms with E-state index in [4.69, 9.17) is 0 Å². The summed E-state index contributed by atoms with van der Waals surface area (Å²) in [6.07, 6.45) is 2.82. The average molecular weight is 316 g/mol. The first kappa shape index (κ1) is 17.1. The van der Waals surface area contributed by atoms with Gasteiger partial charge in [0.2, 0.25) is 0 Å². The summed E-state index contributed by atoms with van der Waals surface area (Å²) >= 11 is 0. The molecule has 1 aliphatic heterocycles. The topological polar surface area (TPSA) is 84.3 Å². The summed E-state index contributed by atoms with van der Waals surface area (Å²) in [5.74, 6) is -1.46. The van der Waals surface area contributed by atoms with E-state index in [1.54, 1.807) is 0 Å². The molecule has 6 nitrogen and oxygen atoms in total. The van der Waals surface area contributed by atoms with E-state index in [2.05, 4.69) is 10.6 Å². The van der Waals surface area contributed by atoms with Crippen molar-refractivity contribution in [3.8, 4) is 0 Å². The summed E-state index contributed by atoms with van der Waals surface area (Å²) in [6.45, 7) is 1.97. The lowest BCUT2D eigenvalue weighted by Crippen LogP contribution is -2.30. The fourth-order valence-electron chi connectivity index (χ4n) is 1.92. The maximum absolute atomic E-state index is 13.6. The molecule has 0 aliphatic carbocycles. The van der Waals surface area contributed by atoms with Crippen molar-refractivity contribution in [1.29, 1.82) is 0 Å². The Morgan fingerprint density at radius 3 is 2.81 bits per heavy atom. The monoisotopic (exact) mass is 315 g/mol. The number of halogens is 2. The highest BCUT2D eigenvalue weighted by Gasteiger charge is 2.16. The van der Waals surface area contributed by atoms with Crippen molar-refractivity contribution in [2.75, 3.05) is 19.6 Å². The van der Waals surface area contributed by atoms with Gasteiger partial charge in [-0.15, -0.1) is 12.4 Å². The first-order valence-electron chi connectivity index (χ1n) is 6.18. The molecule has 114 valence electrons. The molecule has 0 unspecified atom stereocenters. The zero-order chi connectivity index (χ0) is 14.5. The highest BCUT2D eigenvalue weighted by Crippen LogP contribution is 2.16. The maximum Gasteiger partial charge on any atom is 0.272 e. The number of nitrogens with zero attached hydrogens (tertiary/aromatic N) is 1. The van der Waals surface area contributed by atoms with Gasteiger partial charge in [-0.25, -0.2) is 4.39 Å². The molecule has 1 aliphatic rings. The number of nitrogens with one attached hydrogen (secondary N) is 2. The Bertz CT molecular complexity index is 578. The van der Waals surface area contributed by atoms with E-state index in [9.17, 15) is 19.3 Å². The predicted octanol–water partition coefficient (Wildman–Crippen LogP) is 1.81. The second-order valence-corrected chi connectivity index (χ2v) is 4.42. The molecule has 0 aromatic heterocycles. The van der Waals surface area contributed by atoms with Gasteiger partial charge in [-0.1, -0.05) is 11.6 Å². The number of nitro groups is 1. The quantitative estimate of drug-likeness (QED) is 0.504. The van der Waals surface area contributed by atoms with Crippen LogP contribution in [0.15, 0.2) is 29.8 Å². The Hall–Kier alpha value is -1.99. The fourth-order valence-corrected chi connectivity index (χ4v) is 1.92. The van der Waals surface area contributed by atoms with Crippen LogP contribution in [0.2, 0.25) is 0 Å². The number of carbonyl (C=O) groups excluding carboxylic acids is 1. The van der Waals surface area contributed by atoms with E-state index in [-0.39, 0.29) is 23.7 Å². The van der Waals surface area contributed by atoms with Crippen LogP contribution in [-0.2, 0) is 0 Å². The smallest absolute Gasteiger partial charge is 0.272 e. The highest BCUT2D eigenvalue weighted by molar-refractivity contribution is 5.94. The summed E-state index contributed by atoms with van der Waals surface area (Å²) in [5, 5.41) is 16.3. The highest BCUT2D eigenvalue weighted by atomic mass is 35.5. The lowest BCUT2D eigenvalue weighted by molar-refractivity contribution is -0.385. The predicted molar refractivity (Wildman–Crippen MR) is 78.2 cm³/mol. The van der Waals surface area contributed by atoms with Gasteiger partial charge in [0, 0.05) is 19.2 Å². The number of amides is 1. The number of benzene rings is 1. The van der Waals surface area contributed by atoms with Crippen LogP contribution in [0.3, 0.4) is 0 Å². The number of hydrogen-bond acceptors (Lipinski definition) is 4. The van der Waals surface area contributed by atoms with Gasteiger partial charge < -0.3 is 10.6 Å². The fraction of sp³-hybridized carbons (Fsp3) is 0.308. The van der Waals surface area contributed by atoms with Gasteiger partial charge in [-0.05, 0) is 19.0 Å². The SMILES string of the molecule is Cl.O=C(NCC1=CCNCC1)c1ccc([N+](=O)[O-])cc1F. The molecule has 1 heterocycles. The molecule has 0 saturated carbocycles. The van der Waals surface area contributed by atoms with E-state index >= 15 is 0 Å². The zero-order valence-electron chi connectivity index (χ0n) is 11.1. The Kier molecular flexibility index (Phi) is 6.26. The Labute approximate surface area is 127 Å². The summed E-state index contributed by atoms with van der Waals surface area (Å²) in [4.78, 5) is 21.6. The summed E-state index contributed by atoms with van der Waals surface area (Å²) in [6, 6.07) is 2.99. The number of nitro benzene ring substituents is 1. The number of carbonyl (C=O) groups is 1. The molecule has 1 aromatic carbocycles. The third-order valence-corrected chi connectivity index (χ3v) is 3.04. The van der Waals surface area contributed by atoms with Crippen LogP contribution in [0.4, 0.5) is 10.1 Å². The second kappa shape index (κ2) is 7.70. The Morgan fingerprint density at radius 2 is 2.24 bits per heavy atom. The minimum absolute atomic E-state index is 0. The lowest BCUT2D eigenvalue weighted by atomic mass is 10.1. The second-order valence-electron chi connectivity index (χ2n) is 4.42. The van der Waals surface area contributed by atoms with Crippen LogP contribution >= 0.6 is 12.4 Å². The standard InChI is InChI=1S/C13H14FN3O3.ClH/c14-12-7-10(17(19)20)1-2-11(12)13(18)16-8-9-3-5-15-6-4-9;/h1-3,7,15H,4-6,8H2,(H,16,18);1H. The van der Waals surface area contributed by atoms with Crippen LogP contribution in [0.5, 0.6) is 0 Å². The Balaban J connectivity index is 0.00000220. The molecule has 0 radical (unpaired) electrons. The molecular formula is C13H15ClFN3O3. The molecule has 0 bridgehead atoms. The Morgan fingerprint density at radius 1 is 1.48 bits per heavy atom. The molecule has 21 heavy (non-hydrogen) atoms. The molecular weight excluding hydrogens is 301 g/mol. The zero-order valence-corrected chi connectivity index (χ0v) is 11.9. The summed E-state index contributed by atoms with van der Waals surface area (Å²) < 4.78 is 13.6. The van der Waals surface area contributed by atoms with E-state index in [0.29, 0.717) is 6.54 Å². The van der Waals surface area contributed by atoms with Crippen LogP contribution in [0, 0.1) is 15.9 Å². The van der Waals surface area contributed by atoms with Gasteiger partial charge >= 0.3 is 0 Å². The summed E-state index contributed by atoms with van der Waals surface area (Å²) in [5.41, 5.74) is 0.518. The van der Waals surface area contributed by atoms with Gasteiger partial charge in [-0.2, -0.15) is 0 Å². The van der Waals surface area contributed by atoms with Crippen molar-refractivity contribution in [3.63, 3.8) is 0 Å². The van der Waals surface area contributed by atoms with Crippen molar-refractivity contribution in [3.05, 3.63) is 51.3 Å². The third-order valence-electron chi connectivity index (χ3n) is 3.04. The number of rotatable bonds is 4. The molecule has 1 aromatic rings. The largest absolute Gasteiger partial charge is 0.348 e. The van der Waals surface area contributed by atoms with E-state index < -0.39 is 16.6 Å². The van der Waals surface area contributed by atoms with Gasteiger partial charge in [0.25, 0.3) is 11.6 Å². The normalized spacial score (nSPS) is 13.9. The maximum atomic E-state index is 13.6. The molecule has 2 rings (SSSR count). The van der Waals surface area contributed by atoms with Crippen LogP contribution < -0.4 is 10.6 Å². The van der Waals surface area contributed by atoms with Gasteiger partial charge in [0.15, 0.2) is 0 Å². The number of hydrogen-bond donors (Lipinski definition) is 2. The van der Waals surface area contributed by atoms with Crippen molar-refractivity contribution < 1.29 is 14.1 Å². The average Bonchev–Trinajstić information content (AvgIpc) is 2.45. The first-order chi connectivity index (χ1) is 9.58. The van der Waals surface area contributed by atoms with Crippen LogP contribution in [-0.4, -0.2) is 30.5 Å². The molecule has 1 amide bonds. The van der Waals surface area contributed by atoms with Gasteiger partial charge in [0.05, 0.1) is 16.6 Å².